The van der Waals surface area contributed by atoms with Crippen LogP contribution >= 0.6 is 0 Å². The number of aromatic nitrogens is 1. The molecular formula is C11H19N3O3S. The molecule has 0 aliphatic heterocycles. The fraction of sp³-hybridized carbons (Fsp3) is 0.727. The van der Waals surface area contributed by atoms with Gasteiger partial charge in [-0.15, -0.1) is 0 Å². The Balaban J connectivity index is 1.91. The van der Waals surface area contributed by atoms with Crippen molar-refractivity contribution in [1.82, 2.24) is 9.88 Å². The molecule has 0 aromatic carbocycles. The maximum atomic E-state index is 11.9. The van der Waals surface area contributed by atoms with Gasteiger partial charge in [-0.25, -0.2) is 13.1 Å². The van der Waals surface area contributed by atoms with Crippen molar-refractivity contribution in [3.05, 3.63) is 17.5 Å². The van der Waals surface area contributed by atoms with Gasteiger partial charge in [-0.2, -0.15) is 0 Å². The van der Waals surface area contributed by atoms with Gasteiger partial charge in [-0.05, 0) is 32.6 Å². The van der Waals surface area contributed by atoms with E-state index in [1.807, 2.05) is 0 Å². The van der Waals surface area contributed by atoms with Crippen molar-refractivity contribution >= 4 is 10.0 Å². The van der Waals surface area contributed by atoms with Crippen LogP contribution in [-0.2, 0) is 15.8 Å². The van der Waals surface area contributed by atoms with Crippen LogP contribution in [0, 0.1) is 6.92 Å². The lowest BCUT2D eigenvalue weighted by Gasteiger charge is -2.26. The predicted molar refractivity (Wildman–Crippen MR) is 67.2 cm³/mol. The lowest BCUT2D eigenvalue weighted by molar-refractivity contribution is 0.372. The quantitative estimate of drug-likeness (QED) is 0.840. The minimum atomic E-state index is -3.35. The lowest BCUT2D eigenvalue weighted by Crippen LogP contribution is -2.40. The van der Waals surface area contributed by atoms with Crippen LogP contribution in [0.25, 0.3) is 0 Å². The molecule has 18 heavy (non-hydrogen) atoms. The van der Waals surface area contributed by atoms with Gasteiger partial charge in [0.05, 0.1) is 0 Å². The summed E-state index contributed by atoms with van der Waals surface area (Å²) in [5.74, 6) is 0.483. The lowest BCUT2D eigenvalue weighted by atomic mass is 9.93. The number of nitrogens with zero attached hydrogens (tertiary/aromatic N) is 1. The minimum absolute atomic E-state index is 0.00259. The number of rotatable bonds is 4. The second-order valence-corrected chi connectivity index (χ2v) is 6.67. The second kappa shape index (κ2) is 5.38. The summed E-state index contributed by atoms with van der Waals surface area (Å²) in [4.78, 5) is 0. The van der Waals surface area contributed by atoms with E-state index in [1.54, 1.807) is 13.0 Å². The van der Waals surface area contributed by atoms with Crippen LogP contribution < -0.4 is 10.5 Å². The molecule has 2 rings (SSSR count). The summed E-state index contributed by atoms with van der Waals surface area (Å²) in [7, 11) is -3.35. The van der Waals surface area contributed by atoms with E-state index in [4.69, 9.17) is 10.3 Å². The summed E-state index contributed by atoms with van der Waals surface area (Å²) < 4.78 is 31.4. The maximum Gasteiger partial charge on any atom is 0.217 e. The number of aryl methyl sites for hydroxylation is 1. The first-order chi connectivity index (χ1) is 8.44. The van der Waals surface area contributed by atoms with E-state index in [9.17, 15) is 8.42 Å². The van der Waals surface area contributed by atoms with Gasteiger partial charge >= 0.3 is 0 Å². The number of hydrogen-bond donors (Lipinski definition) is 2. The van der Waals surface area contributed by atoms with Crippen molar-refractivity contribution < 1.29 is 12.9 Å². The molecule has 1 heterocycles. The molecule has 3 N–H and O–H groups in total. The Kier molecular flexibility index (Phi) is 4.04. The molecule has 0 radical (unpaired) electrons. The Morgan fingerprint density at radius 3 is 2.67 bits per heavy atom. The molecule has 1 aromatic rings. The monoisotopic (exact) mass is 273 g/mol. The molecule has 1 saturated carbocycles. The second-order valence-electron chi connectivity index (χ2n) is 4.92. The van der Waals surface area contributed by atoms with Crippen LogP contribution in [0.15, 0.2) is 10.6 Å². The molecule has 6 nitrogen and oxygen atoms in total. The highest BCUT2D eigenvalue weighted by molar-refractivity contribution is 7.88. The summed E-state index contributed by atoms with van der Waals surface area (Å²) in [5.41, 5.74) is 6.22. The number of sulfonamides is 1. The molecule has 1 fully saturated rings. The fourth-order valence-corrected chi connectivity index (χ4v) is 3.57. The topological polar surface area (TPSA) is 98.2 Å². The Hall–Kier alpha value is -0.920. The summed E-state index contributed by atoms with van der Waals surface area (Å²) in [6.45, 7) is 1.74. The van der Waals surface area contributed by atoms with Gasteiger partial charge in [0.2, 0.25) is 10.0 Å². The Bertz CT molecular complexity index is 489. The third-order valence-electron chi connectivity index (χ3n) is 3.13. The van der Waals surface area contributed by atoms with E-state index in [0.717, 1.165) is 25.7 Å². The first-order valence-corrected chi connectivity index (χ1v) is 7.77. The van der Waals surface area contributed by atoms with Gasteiger partial charge in [0.15, 0.2) is 0 Å². The van der Waals surface area contributed by atoms with E-state index in [-0.39, 0.29) is 17.8 Å². The van der Waals surface area contributed by atoms with E-state index in [0.29, 0.717) is 11.5 Å². The smallest absolute Gasteiger partial charge is 0.217 e. The molecule has 0 saturated heterocycles. The largest absolute Gasteiger partial charge is 0.361 e. The molecule has 102 valence electrons. The fourth-order valence-electron chi connectivity index (χ4n) is 2.21. The molecular weight excluding hydrogens is 254 g/mol. The molecule has 0 bridgehead atoms. The van der Waals surface area contributed by atoms with E-state index >= 15 is 0 Å². The van der Waals surface area contributed by atoms with Crippen molar-refractivity contribution in [3.8, 4) is 0 Å². The first kappa shape index (κ1) is 13.5. The highest BCUT2D eigenvalue weighted by atomic mass is 32.2. The van der Waals surface area contributed by atoms with Gasteiger partial charge < -0.3 is 10.3 Å². The SMILES string of the molecule is Cc1cc(CS(=O)(=O)NC2CCC(N)CC2)no1. The Morgan fingerprint density at radius 1 is 1.44 bits per heavy atom. The predicted octanol–water partition coefficient (Wildman–Crippen LogP) is 0.672. The van der Waals surface area contributed by atoms with Gasteiger partial charge in [-0.3, -0.25) is 0 Å². The molecule has 1 aliphatic rings. The van der Waals surface area contributed by atoms with Crippen LogP contribution in [0.5, 0.6) is 0 Å². The molecule has 0 atom stereocenters. The Morgan fingerprint density at radius 2 is 2.11 bits per heavy atom. The zero-order valence-corrected chi connectivity index (χ0v) is 11.2. The summed E-state index contributed by atoms with van der Waals surface area (Å²) in [6.07, 6.45) is 3.35. The van der Waals surface area contributed by atoms with Crippen LogP contribution in [0.3, 0.4) is 0 Å². The maximum absolute atomic E-state index is 11.9. The van der Waals surface area contributed by atoms with Crippen LogP contribution in [-0.4, -0.2) is 25.7 Å². The van der Waals surface area contributed by atoms with Gasteiger partial charge in [0, 0.05) is 18.2 Å². The van der Waals surface area contributed by atoms with Crippen LogP contribution in [0.1, 0.15) is 37.1 Å². The summed E-state index contributed by atoms with van der Waals surface area (Å²) in [6, 6.07) is 1.85. The average molecular weight is 273 g/mol. The molecule has 7 heteroatoms. The van der Waals surface area contributed by atoms with Crippen molar-refractivity contribution in [2.75, 3.05) is 0 Å². The number of nitrogens with two attached hydrogens (primary N) is 1. The normalized spacial score (nSPS) is 25.2. The zero-order chi connectivity index (χ0) is 13.2. The summed E-state index contributed by atoms with van der Waals surface area (Å²) >= 11 is 0. The zero-order valence-electron chi connectivity index (χ0n) is 10.4. The van der Waals surface area contributed by atoms with Crippen LogP contribution in [0.2, 0.25) is 0 Å². The van der Waals surface area contributed by atoms with E-state index < -0.39 is 10.0 Å². The molecule has 1 aliphatic carbocycles. The van der Waals surface area contributed by atoms with Gasteiger partial charge in [0.1, 0.15) is 17.2 Å². The van der Waals surface area contributed by atoms with E-state index in [1.165, 1.54) is 0 Å². The van der Waals surface area contributed by atoms with Crippen LogP contribution in [0.4, 0.5) is 0 Å². The number of hydrogen-bond acceptors (Lipinski definition) is 5. The standard InChI is InChI=1S/C11H19N3O3S/c1-8-6-11(13-17-8)7-18(15,16)14-10-4-2-9(12)3-5-10/h6,9-10,14H,2-5,7,12H2,1H3. The van der Waals surface area contributed by atoms with Crippen molar-refractivity contribution in [3.63, 3.8) is 0 Å². The molecule has 0 unspecified atom stereocenters. The third kappa shape index (κ3) is 3.79. The van der Waals surface area contributed by atoms with E-state index in [2.05, 4.69) is 9.88 Å². The summed E-state index contributed by atoms with van der Waals surface area (Å²) in [5, 5.41) is 3.69. The molecule has 0 amide bonds. The average Bonchev–Trinajstić information content (AvgIpc) is 2.66. The minimum Gasteiger partial charge on any atom is -0.361 e. The highest BCUT2D eigenvalue weighted by Gasteiger charge is 2.24. The van der Waals surface area contributed by atoms with Crippen molar-refractivity contribution in [1.29, 1.82) is 0 Å². The van der Waals surface area contributed by atoms with Gasteiger partial charge in [-0.1, -0.05) is 5.16 Å². The van der Waals surface area contributed by atoms with Crippen molar-refractivity contribution in [2.24, 2.45) is 5.73 Å². The Labute approximate surface area is 107 Å². The number of nitrogens with one attached hydrogen (secondary N) is 1. The first-order valence-electron chi connectivity index (χ1n) is 6.12. The molecule has 0 spiro atoms. The highest BCUT2D eigenvalue weighted by Crippen LogP contribution is 2.18. The third-order valence-corrected chi connectivity index (χ3v) is 4.50. The van der Waals surface area contributed by atoms with Gasteiger partial charge in [0.25, 0.3) is 0 Å². The van der Waals surface area contributed by atoms with Crippen molar-refractivity contribution in [2.45, 2.75) is 50.4 Å². The molecule has 1 aromatic heterocycles.